The summed E-state index contributed by atoms with van der Waals surface area (Å²) in [5, 5.41) is 10.4. The van der Waals surface area contributed by atoms with E-state index in [0.29, 0.717) is 0 Å². The molecule has 1 aromatic carbocycles. The zero-order valence-corrected chi connectivity index (χ0v) is 8.02. The number of nitrogens with zero attached hydrogens (tertiary/aromatic N) is 1. The molecule has 17 heavy (non-hydrogen) atoms. The molecule has 8 heteroatoms. The lowest BCUT2D eigenvalue weighted by Crippen LogP contribution is -2.20. The first-order valence-corrected chi connectivity index (χ1v) is 4.37. The molecular weight excluding hydrogens is 243 g/mol. The zero-order valence-electron chi connectivity index (χ0n) is 8.02. The van der Waals surface area contributed by atoms with Crippen LogP contribution in [0.25, 0.3) is 0 Å². The van der Waals surface area contributed by atoms with Gasteiger partial charge in [-0.1, -0.05) is 0 Å². The quantitative estimate of drug-likeness (QED) is 0.434. The van der Waals surface area contributed by atoms with Gasteiger partial charge in [0.25, 0.3) is 5.69 Å². The predicted molar refractivity (Wildman–Crippen MR) is 47.3 cm³/mol. The molecule has 1 aliphatic rings. The summed E-state index contributed by atoms with van der Waals surface area (Å²) < 4.78 is 41.5. The van der Waals surface area contributed by atoms with Crippen LogP contribution in [-0.2, 0) is 4.74 Å². The van der Waals surface area contributed by atoms with E-state index in [1.54, 1.807) is 0 Å². The molecule has 0 aliphatic carbocycles. The van der Waals surface area contributed by atoms with E-state index in [2.05, 4.69) is 4.74 Å². The molecule has 90 valence electrons. The van der Waals surface area contributed by atoms with Crippen LogP contribution in [0.1, 0.15) is 22.0 Å². The molecule has 1 unspecified atom stereocenters. The number of hydrogen-bond acceptors (Lipinski definition) is 4. The summed E-state index contributed by atoms with van der Waals surface area (Å²) in [6.45, 7) is 0. The first-order valence-electron chi connectivity index (χ1n) is 4.37. The van der Waals surface area contributed by atoms with Crippen LogP contribution < -0.4 is 0 Å². The fraction of sp³-hybridized carbons (Fsp3) is 0.222. The Bertz CT molecular complexity index is 511. The van der Waals surface area contributed by atoms with Crippen LogP contribution in [0, 0.1) is 10.1 Å². The highest BCUT2D eigenvalue weighted by atomic mass is 19.4. The second-order valence-corrected chi connectivity index (χ2v) is 3.36. The normalized spacial score (nSPS) is 18.8. The number of cyclic esters (lactones) is 1. The molecular formula is C9H4F3NO4. The number of rotatable bonds is 1. The van der Waals surface area contributed by atoms with Crippen LogP contribution in [0.15, 0.2) is 18.2 Å². The van der Waals surface area contributed by atoms with Gasteiger partial charge in [0, 0.05) is 17.7 Å². The second-order valence-electron chi connectivity index (χ2n) is 3.36. The largest absolute Gasteiger partial charge is 0.444 e. The average molecular weight is 247 g/mol. The molecule has 0 spiro atoms. The lowest BCUT2D eigenvalue weighted by Gasteiger charge is -2.13. The summed E-state index contributed by atoms with van der Waals surface area (Å²) >= 11 is 0. The van der Waals surface area contributed by atoms with Gasteiger partial charge in [-0.25, -0.2) is 4.79 Å². The number of fused-ring (bicyclic) bond motifs is 1. The number of halogens is 3. The third kappa shape index (κ3) is 1.81. The predicted octanol–water partition coefficient (Wildman–Crippen LogP) is 2.37. The highest BCUT2D eigenvalue weighted by molar-refractivity contribution is 5.94. The van der Waals surface area contributed by atoms with Gasteiger partial charge in [0.05, 0.1) is 10.5 Å². The maximum absolute atomic E-state index is 12.5. The third-order valence-electron chi connectivity index (χ3n) is 2.27. The van der Waals surface area contributed by atoms with Crippen molar-refractivity contribution in [3.8, 4) is 0 Å². The van der Waals surface area contributed by atoms with Gasteiger partial charge in [0.1, 0.15) is 0 Å². The Balaban J connectivity index is 2.51. The Morgan fingerprint density at radius 1 is 1.35 bits per heavy atom. The lowest BCUT2D eigenvalue weighted by atomic mass is 10.0. The molecule has 0 saturated heterocycles. The number of carbonyl (C=O) groups excluding carboxylic acids is 1. The number of esters is 1. The molecule has 0 aromatic heterocycles. The van der Waals surface area contributed by atoms with Crippen molar-refractivity contribution >= 4 is 11.7 Å². The first-order chi connectivity index (χ1) is 7.80. The Hall–Kier alpha value is -2.12. The Kier molecular flexibility index (Phi) is 2.30. The van der Waals surface area contributed by atoms with Gasteiger partial charge in [-0.3, -0.25) is 10.1 Å². The molecule has 0 saturated carbocycles. The van der Waals surface area contributed by atoms with Crippen molar-refractivity contribution < 1.29 is 27.6 Å². The number of non-ortho nitro benzene ring substituents is 1. The van der Waals surface area contributed by atoms with E-state index >= 15 is 0 Å². The van der Waals surface area contributed by atoms with E-state index in [4.69, 9.17) is 0 Å². The van der Waals surface area contributed by atoms with Crippen LogP contribution in [0.3, 0.4) is 0 Å². The molecule has 1 heterocycles. The second kappa shape index (κ2) is 3.44. The molecule has 1 aliphatic heterocycles. The summed E-state index contributed by atoms with van der Waals surface area (Å²) in [5.74, 6) is -1.20. The number of carbonyl (C=O) groups is 1. The molecule has 5 nitrogen and oxygen atoms in total. The number of alkyl halides is 3. The van der Waals surface area contributed by atoms with Crippen molar-refractivity contribution in [1.29, 1.82) is 0 Å². The van der Waals surface area contributed by atoms with Crippen LogP contribution >= 0.6 is 0 Å². The minimum absolute atomic E-state index is 0.395. The Morgan fingerprint density at radius 2 is 2.00 bits per heavy atom. The van der Waals surface area contributed by atoms with E-state index < -0.39 is 40.0 Å². The molecule has 0 radical (unpaired) electrons. The highest BCUT2D eigenvalue weighted by Crippen LogP contribution is 2.43. The number of hydrogen-bond donors (Lipinski definition) is 0. The van der Waals surface area contributed by atoms with Gasteiger partial charge in [-0.05, 0) is 6.07 Å². The van der Waals surface area contributed by atoms with Crippen molar-refractivity contribution in [2.75, 3.05) is 0 Å². The van der Waals surface area contributed by atoms with E-state index in [9.17, 15) is 28.1 Å². The summed E-state index contributed by atoms with van der Waals surface area (Å²) in [4.78, 5) is 20.8. The number of ether oxygens (including phenoxy) is 1. The summed E-state index contributed by atoms with van der Waals surface area (Å²) in [6, 6.07) is 2.57. The van der Waals surface area contributed by atoms with Crippen molar-refractivity contribution in [1.82, 2.24) is 0 Å². The SMILES string of the molecule is O=C1OC(C(F)(F)F)c2ccc([N+](=O)[O-])cc21. The summed E-state index contributed by atoms with van der Waals surface area (Å²) in [5.41, 5.74) is -1.27. The van der Waals surface area contributed by atoms with Gasteiger partial charge in [0.2, 0.25) is 6.10 Å². The van der Waals surface area contributed by atoms with E-state index in [1.807, 2.05) is 0 Å². The van der Waals surface area contributed by atoms with Crippen LogP contribution in [-0.4, -0.2) is 17.1 Å². The molecule has 0 fully saturated rings. The minimum Gasteiger partial charge on any atom is -0.444 e. The van der Waals surface area contributed by atoms with Crippen molar-refractivity contribution in [3.05, 3.63) is 39.4 Å². The Morgan fingerprint density at radius 3 is 2.53 bits per heavy atom. The van der Waals surface area contributed by atoms with Gasteiger partial charge in [-0.15, -0.1) is 0 Å². The topological polar surface area (TPSA) is 69.4 Å². The van der Waals surface area contributed by atoms with Crippen LogP contribution in [0.4, 0.5) is 18.9 Å². The fourth-order valence-electron chi connectivity index (χ4n) is 1.54. The molecule has 0 N–H and O–H groups in total. The van der Waals surface area contributed by atoms with Crippen molar-refractivity contribution in [2.45, 2.75) is 12.3 Å². The van der Waals surface area contributed by atoms with Gasteiger partial charge >= 0.3 is 12.1 Å². The fourth-order valence-corrected chi connectivity index (χ4v) is 1.54. The molecule has 1 aromatic rings. The van der Waals surface area contributed by atoms with E-state index in [0.717, 1.165) is 18.2 Å². The summed E-state index contributed by atoms with van der Waals surface area (Å²) in [6.07, 6.45) is -7.07. The zero-order chi connectivity index (χ0) is 12.8. The monoisotopic (exact) mass is 247 g/mol. The smallest absolute Gasteiger partial charge is 0.429 e. The highest BCUT2D eigenvalue weighted by Gasteiger charge is 2.50. The molecule has 1 atom stereocenters. The molecule has 2 rings (SSSR count). The molecule has 0 amide bonds. The van der Waals surface area contributed by atoms with Crippen molar-refractivity contribution in [3.63, 3.8) is 0 Å². The number of nitro benzene ring substituents is 1. The number of nitro groups is 1. The maximum Gasteiger partial charge on any atom is 0.429 e. The van der Waals surface area contributed by atoms with E-state index in [-0.39, 0.29) is 0 Å². The standard InChI is InChI=1S/C9H4F3NO4/c10-9(11,12)7-5-2-1-4(13(15)16)3-6(5)8(14)17-7/h1-3,7H. The number of benzene rings is 1. The minimum atomic E-state index is -4.73. The van der Waals surface area contributed by atoms with E-state index in [1.165, 1.54) is 0 Å². The van der Waals surface area contributed by atoms with Crippen LogP contribution in [0.5, 0.6) is 0 Å². The maximum atomic E-state index is 12.5. The third-order valence-corrected chi connectivity index (χ3v) is 2.27. The average Bonchev–Trinajstić information content (AvgIpc) is 2.55. The van der Waals surface area contributed by atoms with Gasteiger partial charge < -0.3 is 4.74 Å². The summed E-state index contributed by atoms with van der Waals surface area (Å²) in [7, 11) is 0. The van der Waals surface area contributed by atoms with Gasteiger partial charge in [-0.2, -0.15) is 13.2 Å². The van der Waals surface area contributed by atoms with Crippen LogP contribution in [0.2, 0.25) is 0 Å². The molecule has 0 bridgehead atoms. The van der Waals surface area contributed by atoms with Gasteiger partial charge in [0.15, 0.2) is 0 Å². The Labute approximate surface area is 91.9 Å². The lowest BCUT2D eigenvalue weighted by molar-refractivity contribution is -0.384. The van der Waals surface area contributed by atoms with Crippen molar-refractivity contribution in [2.24, 2.45) is 0 Å². The first kappa shape index (κ1) is 11.4.